The van der Waals surface area contributed by atoms with Crippen molar-refractivity contribution >= 4 is 43.8 Å². The van der Waals surface area contributed by atoms with E-state index in [9.17, 15) is 18.0 Å². The molecule has 0 fully saturated rings. The Bertz CT molecular complexity index is 876. The van der Waals surface area contributed by atoms with Crippen molar-refractivity contribution < 1.29 is 22.6 Å². The molecule has 0 aliphatic carbocycles. The predicted octanol–water partition coefficient (Wildman–Crippen LogP) is 1.50. The summed E-state index contributed by atoms with van der Waals surface area (Å²) in [7, 11) is -2.50. The van der Waals surface area contributed by atoms with E-state index in [-0.39, 0.29) is 34.9 Å². The molecule has 0 saturated heterocycles. The lowest BCUT2D eigenvalue weighted by atomic mass is 10.3. The van der Waals surface area contributed by atoms with Crippen LogP contribution in [0.25, 0.3) is 0 Å². The van der Waals surface area contributed by atoms with E-state index in [0.717, 1.165) is 0 Å². The summed E-state index contributed by atoms with van der Waals surface area (Å²) in [4.78, 5) is 4.07. The smallest absolute Gasteiger partial charge is 0.311 e. The number of benzene rings is 1. The summed E-state index contributed by atoms with van der Waals surface area (Å²) in [6, 6.07) is 3.99. The fourth-order valence-corrected chi connectivity index (χ4v) is 2.18. The van der Waals surface area contributed by atoms with Gasteiger partial charge in [0, 0.05) is 6.54 Å². The average molecular weight is 421 g/mol. The Hall–Kier alpha value is -2.38. The molecule has 1 heterocycles. The van der Waals surface area contributed by atoms with Crippen molar-refractivity contribution in [2.75, 3.05) is 18.4 Å². The van der Waals surface area contributed by atoms with Gasteiger partial charge in [0.1, 0.15) is 5.82 Å². The Morgan fingerprint density at radius 2 is 2.21 bits per heavy atom. The highest BCUT2D eigenvalue weighted by atomic mass is 79.9. The highest BCUT2D eigenvalue weighted by Gasteiger charge is 2.16. The highest BCUT2D eigenvalue weighted by molar-refractivity contribution is 9.10. The number of nitrogens with one attached hydrogen (secondary N) is 2. The number of amidine groups is 1. The number of nitrogens with zero attached hydrogens (tertiary/aromatic N) is 4. The van der Waals surface area contributed by atoms with Crippen LogP contribution in [0.5, 0.6) is 0 Å². The first kappa shape index (κ1) is 18.0. The van der Waals surface area contributed by atoms with Crippen LogP contribution < -0.4 is 10.8 Å². The van der Waals surface area contributed by atoms with Crippen LogP contribution in [0.4, 0.5) is 15.9 Å². The number of aromatic nitrogens is 2. The fourth-order valence-electron chi connectivity index (χ4n) is 1.57. The Labute approximate surface area is 144 Å². The number of rotatable bonds is 6. The van der Waals surface area contributed by atoms with Gasteiger partial charge < -0.3 is 5.32 Å². The number of hydrogen-bond donors (Lipinski definition) is 3. The summed E-state index contributed by atoms with van der Waals surface area (Å²) in [6.07, 6.45) is 0. The molecule has 1 aromatic carbocycles. The molecule has 0 aliphatic rings. The number of halogens is 2. The van der Waals surface area contributed by atoms with Crippen molar-refractivity contribution in [2.24, 2.45) is 9.36 Å². The summed E-state index contributed by atoms with van der Waals surface area (Å²) in [6.45, 7) is 0.113. The second-order valence-corrected chi connectivity index (χ2v) is 5.68. The van der Waals surface area contributed by atoms with Gasteiger partial charge in [-0.15, -0.1) is 0 Å². The average Bonchev–Trinajstić information content (AvgIpc) is 3.00. The summed E-state index contributed by atoms with van der Waals surface area (Å²) < 4.78 is 41.8. The van der Waals surface area contributed by atoms with E-state index < -0.39 is 16.3 Å². The summed E-state index contributed by atoms with van der Waals surface area (Å²) >= 11 is 3.03. The molecule has 0 saturated carbocycles. The third-order valence-electron chi connectivity index (χ3n) is 2.56. The summed E-state index contributed by atoms with van der Waals surface area (Å²) in [5.74, 6) is -0.456. The molecular formula is C11H10BrFN6O4S. The van der Waals surface area contributed by atoms with Gasteiger partial charge in [-0.2, -0.15) is 12.8 Å². The molecule has 2 rings (SSSR count). The van der Waals surface area contributed by atoms with Crippen LogP contribution in [0.1, 0.15) is 5.69 Å². The Kier molecular flexibility index (Phi) is 6.34. The lowest BCUT2D eigenvalue weighted by Gasteiger charge is -2.04. The van der Waals surface area contributed by atoms with E-state index in [4.69, 9.17) is 0 Å². The molecule has 0 spiro atoms. The van der Waals surface area contributed by atoms with Gasteiger partial charge in [0.05, 0.1) is 16.7 Å². The van der Waals surface area contributed by atoms with E-state index in [0.29, 0.717) is 5.69 Å². The maximum atomic E-state index is 13.2. The number of hydroxylamine groups is 1. The van der Waals surface area contributed by atoms with Gasteiger partial charge in [0.2, 0.25) is 5.82 Å². The van der Waals surface area contributed by atoms with Crippen LogP contribution >= 0.6 is 15.9 Å². The lowest BCUT2D eigenvalue weighted by Crippen LogP contribution is -2.22. The second-order valence-electron chi connectivity index (χ2n) is 4.13. The topological polar surface area (TPSA) is 142 Å². The molecule has 3 N–H and O–H groups in total. The Morgan fingerprint density at radius 1 is 1.42 bits per heavy atom. The minimum atomic E-state index is -2.50. The first-order valence-electron chi connectivity index (χ1n) is 6.28. The molecule has 10 nitrogen and oxygen atoms in total. The molecular weight excluding hydrogens is 411 g/mol. The molecule has 0 bridgehead atoms. The fraction of sp³-hybridized carbons (Fsp3) is 0.182. The molecule has 128 valence electrons. The Morgan fingerprint density at radius 3 is 2.88 bits per heavy atom. The summed E-state index contributed by atoms with van der Waals surface area (Å²) in [5.41, 5.74) is 2.22. The van der Waals surface area contributed by atoms with Crippen molar-refractivity contribution in [3.63, 3.8) is 0 Å². The van der Waals surface area contributed by atoms with E-state index in [1.165, 1.54) is 18.2 Å². The number of aliphatic imine (C=N–C) groups is 1. The van der Waals surface area contributed by atoms with Crippen LogP contribution in [0.15, 0.2) is 36.7 Å². The normalized spacial score (nSPS) is 11.2. The highest BCUT2D eigenvalue weighted by Crippen LogP contribution is 2.23. The molecule has 0 amide bonds. The van der Waals surface area contributed by atoms with Gasteiger partial charge >= 0.3 is 10.5 Å². The lowest BCUT2D eigenvalue weighted by molar-refractivity contribution is 0.234. The Balaban J connectivity index is 2.21. The first-order valence-corrected chi connectivity index (χ1v) is 8.11. The number of anilines is 1. The maximum absolute atomic E-state index is 13.2. The van der Waals surface area contributed by atoms with Crippen molar-refractivity contribution in [2.45, 2.75) is 0 Å². The zero-order valence-electron chi connectivity index (χ0n) is 11.8. The molecule has 2 aromatic rings. The predicted molar refractivity (Wildman–Crippen MR) is 84.2 cm³/mol. The van der Waals surface area contributed by atoms with Gasteiger partial charge in [0.15, 0.2) is 11.5 Å². The summed E-state index contributed by atoms with van der Waals surface area (Å²) in [5, 5.41) is 19.2. The van der Waals surface area contributed by atoms with Gasteiger partial charge in [-0.1, -0.05) is 0 Å². The quantitative estimate of drug-likeness (QED) is 0.276. The van der Waals surface area contributed by atoms with Crippen LogP contribution in [0.3, 0.4) is 0 Å². The van der Waals surface area contributed by atoms with Crippen LogP contribution in [0.2, 0.25) is 0 Å². The SMILES string of the molecule is O=S(=O)=NCCNc1nonc1C(=Nc1ccc(F)c(Br)c1)NO. The zero-order chi connectivity index (χ0) is 17.5. The third kappa shape index (κ3) is 4.81. The van der Waals surface area contributed by atoms with E-state index in [2.05, 4.69) is 45.5 Å². The van der Waals surface area contributed by atoms with Gasteiger partial charge in [0.25, 0.3) is 0 Å². The third-order valence-corrected chi connectivity index (χ3v) is 3.56. The number of hydrogen-bond acceptors (Lipinski definition) is 9. The maximum Gasteiger partial charge on any atom is 0.311 e. The standard InChI is InChI=1S/C11H10BrFN6O4S/c12-7-5-6(1-2-8(7)13)16-11(17-20)9-10(19-23-18-9)14-3-4-15-24(21)22/h1-2,5,20H,3-4H2,(H,14,19)(H,16,17). The monoisotopic (exact) mass is 420 g/mol. The molecule has 0 atom stereocenters. The van der Waals surface area contributed by atoms with Crippen LogP contribution in [0, 0.1) is 5.82 Å². The van der Waals surface area contributed by atoms with Crippen molar-refractivity contribution in [1.29, 1.82) is 0 Å². The molecule has 24 heavy (non-hydrogen) atoms. The largest absolute Gasteiger partial charge is 0.363 e. The minimum absolute atomic E-state index is 0.0215. The van der Waals surface area contributed by atoms with E-state index in [1.807, 2.05) is 5.48 Å². The van der Waals surface area contributed by atoms with Gasteiger partial charge in [-0.3, -0.25) is 10.7 Å². The molecule has 13 heteroatoms. The second kappa shape index (κ2) is 8.47. The van der Waals surface area contributed by atoms with E-state index >= 15 is 0 Å². The van der Waals surface area contributed by atoms with Crippen LogP contribution in [-0.4, -0.2) is 42.9 Å². The van der Waals surface area contributed by atoms with Crippen molar-refractivity contribution in [3.8, 4) is 0 Å². The van der Waals surface area contributed by atoms with E-state index in [1.54, 1.807) is 0 Å². The van der Waals surface area contributed by atoms with Crippen molar-refractivity contribution in [1.82, 2.24) is 15.8 Å². The van der Waals surface area contributed by atoms with Crippen molar-refractivity contribution in [3.05, 3.63) is 34.2 Å². The van der Waals surface area contributed by atoms with Gasteiger partial charge in [-0.25, -0.2) is 14.0 Å². The molecule has 0 aliphatic heterocycles. The first-order chi connectivity index (χ1) is 11.5. The molecule has 0 radical (unpaired) electrons. The molecule has 0 unspecified atom stereocenters. The minimum Gasteiger partial charge on any atom is -0.363 e. The zero-order valence-corrected chi connectivity index (χ0v) is 14.2. The van der Waals surface area contributed by atoms with Gasteiger partial charge in [-0.05, 0) is 44.4 Å². The molecule has 1 aromatic heterocycles. The van der Waals surface area contributed by atoms with Crippen LogP contribution in [-0.2, 0) is 10.5 Å².